The molecule has 0 atom stereocenters. The Morgan fingerprint density at radius 2 is 2.06 bits per heavy atom. The molecular formula is C13H16ClNO3. The van der Waals surface area contributed by atoms with Gasteiger partial charge in [-0.1, -0.05) is 11.6 Å². The van der Waals surface area contributed by atoms with Crippen LogP contribution in [-0.2, 0) is 6.54 Å². The van der Waals surface area contributed by atoms with Crippen LogP contribution in [0.3, 0.4) is 0 Å². The van der Waals surface area contributed by atoms with Crippen molar-refractivity contribution >= 4 is 11.6 Å². The van der Waals surface area contributed by atoms with Crippen molar-refractivity contribution in [2.24, 2.45) is 0 Å². The number of halogens is 1. The molecule has 2 aliphatic rings. The van der Waals surface area contributed by atoms with Gasteiger partial charge in [0.05, 0.1) is 10.6 Å². The largest absolute Gasteiger partial charge is 0.486 e. The lowest BCUT2D eigenvalue weighted by Gasteiger charge is -2.44. The molecule has 0 bridgehead atoms. The first-order valence-corrected chi connectivity index (χ1v) is 6.44. The van der Waals surface area contributed by atoms with Gasteiger partial charge in [-0.3, -0.25) is 4.90 Å². The molecule has 1 aromatic rings. The van der Waals surface area contributed by atoms with E-state index < -0.39 is 5.60 Å². The minimum atomic E-state index is -0.544. The molecule has 2 aliphatic heterocycles. The standard InChI is InChI=1S/C13H16ClNO3/c1-13(16)7-15(8-13)6-9-4-10(14)12-11(5-9)17-2-3-18-12/h4-5,16H,2-3,6-8H2,1H3. The van der Waals surface area contributed by atoms with Crippen molar-refractivity contribution in [2.45, 2.75) is 19.1 Å². The molecule has 0 aromatic heterocycles. The predicted octanol–water partition coefficient (Wildman–Crippen LogP) is 1.68. The van der Waals surface area contributed by atoms with Crippen LogP contribution < -0.4 is 9.47 Å². The first kappa shape index (κ1) is 12.1. The summed E-state index contributed by atoms with van der Waals surface area (Å²) in [4.78, 5) is 2.17. The van der Waals surface area contributed by atoms with Gasteiger partial charge in [0, 0.05) is 19.6 Å². The zero-order chi connectivity index (χ0) is 12.8. The number of hydrogen-bond acceptors (Lipinski definition) is 4. The van der Waals surface area contributed by atoms with Crippen LogP contribution in [0.4, 0.5) is 0 Å². The number of likely N-dealkylation sites (tertiary alicyclic amines) is 1. The average Bonchev–Trinajstić information content (AvgIpc) is 2.26. The lowest BCUT2D eigenvalue weighted by Crippen LogP contribution is -2.59. The van der Waals surface area contributed by atoms with Crippen LogP contribution in [0, 0.1) is 0 Å². The van der Waals surface area contributed by atoms with Crippen molar-refractivity contribution in [3.05, 3.63) is 22.7 Å². The van der Waals surface area contributed by atoms with E-state index in [1.54, 1.807) is 0 Å². The molecule has 0 unspecified atom stereocenters. The predicted molar refractivity (Wildman–Crippen MR) is 68.3 cm³/mol. The van der Waals surface area contributed by atoms with Crippen molar-refractivity contribution in [3.63, 3.8) is 0 Å². The summed E-state index contributed by atoms with van der Waals surface area (Å²) < 4.78 is 11.0. The molecule has 4 nitrogen and oxygen atoms in total. The van der Waals surface area contributed by atoms with E-state index >= 15 is 0 Å². The Kier molecular flexibility index (Phi) is 2.88. The van der Waals surface area contributed by atoms with Gasteiger partial charge in [0.2, 0.25) is 0 Å². The van der Waals surface area contributed by atoms with Crippen molar-refractivity contribution in [1.82, 2.24) is 4.90 Å². The quantitative estimate of drug-likeness (QED) is 0.887. The van der Waals surface area contributed by atoms with E-state index in [-0.39, 0.29) is 0 Å². The Labute approximate surface area is 111 Å². The maximum absolute atomic E-state index is 9.70. The third kappa shape index (κ3) is 2.28. The zero-order valence-electron chi connectivity index (χ0n) is 10.3. The molecule has 5 heteroatoms. The molecule has 2 heterocycles. The van der Waals surface area contributed by atoms with Gasteiger partial charge in [-0.15, -0.1) is 0 Å². The molecule has 1 N–H and O–H groups in total. The third-order valence-electron chi connectivity index (χ3n) is 3.19. The second-order valence-corrected chi connectivity index (χ2v) is 5.65. The van der Waals surface area contributed by atoms with E-state index in [9.17, 15) is 5.11 Å². The average molecular weight is 270 g/mol. The molecule has 0 aliphatic carbocycles. The van der Waals surface area contributed by atoms with E-state index in [0.717, 1.165) is 17.9 Å². The number of hydrogen-bond donors (Lipinski definition) is 1. The Hall–Kier alpha value is -0.970. The van der Waals surface area contributed by atoms with Crippen LogP contribution in [0.15, 0.2) is 12.1 Å². The number of benzene rings is 1. The molecule has 3 rings (SSSR count). The van der Waals surface area contributed by atoms with Gasteiger partial charge in [0.15, 0.2) is 11.5 Å². The summed E-state index contributed by atoms with van der Waals surface area (Å²) in [5.74, 6) is 1.36. The molecular weight excluding hydrogens is 254 g/mol. The minimum absolute atomic E-state index is 0.543. The zero-order valence-corrected chi connectivity index (χ0v) is 11.0. The highest BCUT2D eigenvalue weighted by atomic mass is 35.5. The number of β-amino-alcohol motifs (C(OH)–C–C–N with tert-alkyl or cyclic N) is 1. The van der Waals surface area contributed by atoms with Crippen molar-refractivity contribution in [2.75, 3.05) is 26.3 Å². The number of fused-ring (bicyclic) bond motifs is 1. The summed E-state index contributed by atoms with van der Waals surface area (Å²) in [5, 5.41) is 10.3. The Balaban J connectivity index is 1.75. The van der Waals surface area contributed by atoms with Gasteiger partial charge in [0.25, 0.3) is 0 Å². The third-order valence-corrected chi connectivity index (χ3v) is 3.47. The molecule has 0 amide bonds. The fraction of sp³-hybridized carbons (Fsp3) is 0.538. The lowest BCUT2D eigenvalue weighted by molar-refractivity contribution is -0.0871. The smallest absolute Gasteiger partial charge is 0.179 e. The monoisotopic (exact) mass is 269 g/mol. The van der Waals surface area contributed by atoms with Crippen LogP contribution in [0.1, 0.15) is 12.5 Å². The summed E-state index contributed by atoms with van der Waals surface area (Å²) in [5.41, 5.74) is 0.539. The van der Waals surface area contributed by atoms with Gasteiger partial charge in [-0.05, 0) is 24.6 Å². The highest BCUT2D eigenvalue weighted by molar-refractivity contribution is 6.32. The van der Waals surface area contributed by atoms with Crippen LogP contribution in [0.5, 0.6) is 11.5 Å². The summed E-state index contributed by atoms with van der Waals surface area (Å²) in [6.07, 6.45) is 0. The molecule has 1 aromatic carbocycles. The second-order valence-electron chi connectivity index (χ2n) is 5.24. The fourth-order valence-corrected chi connectivity index (χ4v) is 2.83. The van der Waals surface area contributed by atoms with Crippen LogP contribution in [0.25, 0.3) is 0 Å². The summed E-state index contributed by atoms with van der Waals surface area (Å²) >= 11 is 6.18. The van der Waals surface area contributed by atoms with E-state index in [4.69, 9.17) is 21.1 Å². The van der Waals surface area contributed by atoms with Gasteiger partial charge in [-0.25, -0.2) is 0 Å². The SMILES string of the molecule is CC1(O)CN(Cc2cc(Cl)c3c(c2)OCCO3)C1. The first-order chi connectivity index (χ1) is 8.53. The van der Waals surface area contributed by atoms with Gasteiger partial charge in [-0.2, -0.15) is 0 Å². The van der Waals surface area contributed by atoms with Crippen LogP contribution >= 0.6 is 11.6 Å². The van der Waals surface area contributed by atoms with Gasteiger partial charge in [0.1, 0.15) is 13.2 Å². The number of rotatable bonds is 2. The number of aliphatic hydroxyl groups is 1. The molecule has 0 spiro atoms. The lowest BCUT2D eigenvalue weighted by atomic mass is 9.96. The van der Waals surface area contributed by atoms with Gasteiger partial charge < -0.3 is 14.6 Å². The van der Waals surface area contributed by atoms with E-state index in [1.807, 2.05) is 19.1 Å². The van der Waals surface area contributed by atoms with E-state index in [2.05, 4.69) is 4.90 Å². The van der Waals surface area contributed by atoms with E-state index in [0.29, 0.717) is 37.1 Å². The minimum Gasteiger partial charge on any atom is -0.486 e. The van der Waals surface area contributed by atoms with E-state index in [1.165, 1.54) is 0 Å². The number of nitrogens with zero attached hydrogens (tertiary/aromatic N) is 1. The maximum Gasteiger partial charge on any atom is 0.179 e. The normalized spacial score (nSPS) is 21.5. The van der Waals surface area contributed by atoms with Crippen LogP contribution in [-0.4, -0.2) is 41.9 Å². The second kappa shape index (κ2) is 4.30. The molecule has 98 valence electrons. The Bertz CT molecular complexity index is 468. The van der Waals surface area contributed by atoms with Gasteiger partial charge >= 0.3 is 0 Å². The van der Waals surface area contributed by atoms with Crippen molar-refractivity contribution in [3.8, 4) is 11.5 Å². The topological polar surface area (TPSA) is 41.9 Å². The fourth-order valence-electron chi connectivity index (χ4n) is 2.54. The van der Waals surface area contributed by atoms with Crippen molar-refractivity contribution in [1.29, 1.82) is 0 Å². The molecule has 0 saturated carbocycles. The molecule has 18 heavy (non-hydrogen) atoms. The summed E-state index contributed by atoms with van der Waals surface area (Å²) in [6.45, 7) is 5.11. The Morgan fingerprint density at radius 1 is 1.33 bits per heavy atom. The first-order valence-electron chi connectivity index (χ1n) is 6.06. The summed E-state index contributed by atoms with van der Waals surface area (Å²) in [6, 6.07) is 3.87. The molecule has 1 fully saturated rings. The molecule has 0 radical (unpaired) electrons. The van der Waals surface area contributed by atoms with Crippen LogP contribution in [0.2, 0.25) is 5.02 Å². The Morgan fingerprint density at radius 3 is 2.78 bits per heavy atom. The maximum atomic E-state index is 9.70. The molecule has 1 saturated heterocycles. The highest BCUT2D eigenvalue weighted by Gasteiger charge is 2.36. The van der Waals surface area contributed by atoms with Crippen molar-refractivity contribution < 1.29 is 14.6 Å². The summed E-state index contributed by atoms with van der Waals surface area (Å²) in [7, 11) is 0. The number of ether oxygens (including phenoxy) is 2. The highest BCUT2D eigenvalue weighted by Crippen LogP contribution is 2.39.